The Balaban J connectivity index is 1.84. The van der Waals surface area contributed by atoms with Crippen molar-refractivity contribution in [1.82, 2.24) is 9.59 Å². The monoisotopic (exact) mass is 352 g/mol. The van der Waals surface area contributed by atoms with E-state index in [-0.39, 0.29) is 0 Å². The van der Waals surface area contributed by atoms with Gasteiger partial charge >= 0.3 is 0 Å². The van der Waals surface area contributed by atoms with Crippen molar-refractivity contribution in [3.63, 3.8) is 0 Å². The second-order valence-electron chi connectivity index (χ2n) is 4.31. The van der Waals surface area contributed by atoms with Gasteiger partial charge in [-0.25, -0.2) is 0 Å². The number of nitrogens with zero attached hydrogens (tertiary/aromatic N) is 2. The van der Waals surface area contributed by atoms with Crippen LogP contribution in [0.4, 0.5) is 0 Å². The van der Waals surface area contributed by atoms with E-state index in [0.29, 0.717) is 10.0 Å². The molecule has 1 heterocycles. The second kappa shape index (κ2) is 6.79. The number of hydrogen-bond donors (Lipinski definition) is 0. The highest BCUT2D eigenvalue weighted by Gasteiger charge is 2.14. The number of benzene rings is 2. The third kappa shape index (κ3) is 3.58. The summed E-state index contributed by atoms with van der Waals surface area (Å²) in [7, 11) is 0. The maximum absolute atomic E-state index is 6.25. The normalized spacial score (nSPS) is 10.8. The van der Waals surface area contributed by atoms with Gasteiger partial charge in [0.15, 0.2) is 0 Å². The summed E-state index contributed by atoms with van der Waals surface area (Å²) in [5.41, 5.74) is 2.96. The zero-order chi connectivity index (χ0) is 14.7. The van der Waals surface area contributed by atoms with Crippen LogP contribution >= 0.6 is 46.5 Å². The van der Waals surface area contributed by atoms with Gasteiger partial charge in [-0.2, -0.15) is 0 Å². The number of aromatic nitrogens is 2. The summed E-state index contributed by atoms with van der Waals surface area (Å²) in [6, 6.07) is 15.7. The number of rotatable bonds is 4. The molecule has 0 spiro atoms. The lowest BCUT2D eigenvalue weighted by atomic mass is 10.2. The summed E-state index contributed by atoms with van der Waals surface area (Å²) < 4.78 is 5.11. The number of halogens is 2. The van der Waals surface area contributed by atoms with Crippen LogP contribution in [-0.2, 0) is 5.75 Å². The van der Waals surface area contributed by atoms with E-state index >= 15 is 0 Å². The van der Waals surface area contributed by atoms with Crippen LogP contribution in [0.2, 0.25) is 10.0 Å². The smallest absolute Gasteiger partial charge is 0.121 e. The van der Waals surface area contributed by atoms with Crippen molar-refractivity contribution in [2.75, 3.05) is 0 Å². The first kappa shape index (κ1) is 14.9. The van der Waals surface area contributed by atoms with Gasteiger partial charge in [0.25, 0.3) is 0 Å². The molecule has 0 aliphatic carbocycles. The molecule has 0 atom stereocenters. The number of hydrogen-bond acceptors (Lipinski definition) is 4. The van der Waals surface area contributed by atoms with E-state index in [0.717, 1.165) is 21.2 Å². The molecule has 0 amide bonds. The average molecular weight is 353 g/mol. The molecule has 2 nitrogen and oxygen atoms in total. The van der Waals surface area contributed by atoms with Crippen LogP contribution in [-0.4, -0.2) is 9.59 Å². The van der Waals surface area contributed by atoms with Gasteiger partial charge in [0.05, 0.1) is 5.02 Å². The minimum atomic E-state index is 0.594. The Bertz CT molecular complexity index is 744. The third-order valence-corrected chi connectivity index (χ3v) is 5.44. The summed E-state index contributed by atoms with van der Waals surface area (Å²) in [5, 5.41) is 5.42. The van der Waals surface area contributed by atoms with Gasteiger partial charge in [0, 0.05) is 16.3 Å². The van der Waals surface area contributed by atoms with E-state index in [4.69, 9.17) is 23.2 Å². The molecule has 1 aromatic heterocycles. The van der Waals surface area contributed by atoms with E-state index in [1.165, 1.54) is 17.1 Å². The highest BCUT2D eigenvalue weighted by molar-refractivity contribution is 8.00. The number of thioether (sulfide) groups is 1. The van der Waals surface area contributed by atoms with Gasteiger partial charge in [0.2, 0.25) is 0 Å². The summed E-state index contributed by atoms with van der Waals surface area (Å²) in [5.74, 6) is 0.878. The second-order valence-corrected chi connectivity index (χ2v) is 7.15. The molecule has 3 aromatic rings. The average Bonchev–Trinajstić information content (AvgIpc) is 2.94. The summed E-state index contributed by atoms with van der Waals surface area (Å²) in [6.07, 6.45) is 0. The molecular formula is C15H10Cl2N2S2. The van der Waals surface area contributed by atoms with Gasteiger partial charge in [-0.15, -0.1) is 16.9 Å². The van der Waals surface area contributed by atoms with Crippen molar-refractivity contribution >= 4 is 46.5 Å². The maximum Gasteiger partial charge on any atom is 0.121 e. The zero-order valence-corrected chi connectivity index (χ0v) is 13.9. The van der Waals surface area contributed by atoms with Crippen molar-refractivity contribution in [2.45, 2.75) is 9.96 Å². The Morgan fingerprint density at radius 1 is 1.05 bits per heavy atom. The van der Waals surface area contributed by atoms with Crippen LogP contribution < -0.4 is 0 Å². The summed E-state index contributed by atoms with van der Waals surface area (Å²) in [6.45, 7) is 0. The van der Waals surface area contributed by atoms with E-state index in [1.807, 2.05) is 30.3 Å². The minimum Gasteiger partial charge on any atom is -0.137 e. The Hall–Kier alpha value is -1.07. The van der Waals surface area contributed by atoms with Crippen LogP contribution in [0.1, 0.15) is 5.56 Å². The van der Waals surface area contributed by atoms with Crippen LogP contribution in [0, 0.1) is 0 Å². The molecule has 0 saturated heterocycles. The molecule has 0 bridgehead atoms. The zero-order valence-electron chi connectivity index (χ0n) is 10.8. The topological polar surface area (TPSA) is 25.8 Å². The first-order valence-corrected chi connectivity index (χ1v) is 8.70. The van der Waals surface area contributed by atoms with Gasteiger partial charge in [-0.3, -0.25) is 0 Å². The van der Waals surface area contributed by atoms with Crippen molar-refractivity contribution in [3.8, 4) is 11.3 Å². The predicted octanol–water partition coefficient (Wildman–Crippen LogP) is 5.80. The molecule has 3 rings (SSSR count). The lowest BCUT2D eigenvalue weighted by molar-refractivity contribution is 1.15. The summed E-state index contributed by atoms with van der Waals surface area (Å²) in [4.78, 5) is 0. The lowest BCUT2D eigenvalue weighted by Crippen LogP contribution is -1.84. The Morgan fingerprint density at radius 2 is 1.86 bits per heavy atom. The molecule has 0 fully saturated rings. The Kier molecular flexibility index (Phi) is 4.80. The molecule has 0 radical (unpaired) electrons. The van der Waals surface area contributed by atoms with Crippen LogP contribution in [0.15, 0.2) is 52.7 Å². The van der Waals surface area contributed by atoms with E-state index in [9.17, 15) is 0 Å². The fourth-order valence-corrected chi connectivity index (χ4v) is 4.04. The molecule has 0 aliphatic heterocycles. The van der Waals surface area contributed by atoms with Gasteiger partial charge in [0.1, 0.15) is 9.90 Å². The van der Waals surface area contributed by atoms with Crippen molar-refractivity contribution < 1.29 is 0 Å². The summed E-state index contributed by atoms with van der Waals surface area (Å²) >= 11 is 15.3. The van der Waals surface area contributed by atoms with Crippen LogP contribution in [0.3, 0.4) is 0 Å². The van der Waals surface area contributed by atoms with Crippen molar-refractivity contribution in [2.24, 2.45) is 0 Å². The molecule has 0 unspecified atom stereocenters. The van der Waals surface area contributed by atoms with Crippen LogP contribution in [0.25, 0.3) is 11.3 Å². The van der Waals surface area contributed by atoms with Gasteiger partial charge < -0.3 is 0 Å². The van der Waals surface area contributed by atoms with Crippen molar-refractivity contribution in [1.29, 1.82) is 0 Å². The predicted molar refractivity (Wildman–Crippen MR) is 91.4 cm³/mol. The Labute approximate surface area is 141 Å². The largest absolute Gasteiger partial charge is 0.137 e. The first-order chi connectivity index (χ1) is 10.2. The molecule has 21 heavy (non-hydrogen) atoms. The minimum absolute atomic E-state index is 0.594. The molecule has 0 aliphatic rings. The molecule has 0 N–H and O–H groups in total. The van der Waals surface area contributed by atoms with E-state index in [2.05, 4.69) is 21.7 Å². The van der Waals surface area contributed by atoms with Crippen LogP contribution in [0.5, 0.6) is 0 Å². The van der Waals surface area contributed by atoms with E-state index < -0.39 is 0 Å². The lowest BCUT2D eigenvalue weighted by Gasteiger charge is -2.04. The molecular weight excluding hydrogens is 343 g/mol. The third-order valence-electron chi connectivity index (χ3n) is 2.86. The molecule has 2 aromatic carbocycles. The molecule has 6 heteroatoms. The highest BCUT2D eigenvalue weighted by atomic mass is 35.5. The van der Waals surface area contributed by atoms with Crippen molar-refractivity contribution in [3.05, 3.63) is 64.1 Å². The fraction of sp³-hybridized carbons (Fsp3) is 0.0667. The standard InChI is InChI=1S/C15H10Cl2N2S2/c16-11-6-7-12(13(17)8-11)14-15(21-19-18-14)20-9-10-4-2-1-3-5-10/h1-8H,9H2. The maximum atomic E-state index is 6.25. The quantitative estimate of drug-likeness (QED) is 0.554. The molecule has 106 valence electrons. The molecule has 0 saturated carbocycles. The SMILES string of the molecule is Clc1ccc(-c2nnsc2SCc2ccccc2)c(Cl)c1. The van der Waals surface area contributed by atoms with Gasteiger partial charge in [-0.1, -0.05) is 58.0 Å². The Morgan fingerprint density at radius 3 is 2.62 bits per heavy atom. The first-order valence-electron chi connectivity index (χ1n) is 6.18. The van der Waals surface area contributed by atoms with E-state index in [1.54, 1.807) is 17.8 Å². The van der Waals surface area contributed by atoms with Gasteiger partial charge in [-0.05, 0) is 35.3 Å². The fourth-order valence-electron chi connectivity index (χ4n) is 1.85. The highest BCUT2D eigenvalue weighted by Crippen LogP contribution is 2.38.